The third-order valence-corrected chi connectivity index (χ3v) is 3.16. The predicted octanol–water partition coefficient (Wildman–Crippen LogP) is 3.12. The van der Waals surface area contributed by atoms with E-state index < -0.39 is 0 Å². The van der Waals surface area contributed by atoms with Gasteiger partial charge in [-0.25, -0.2) is 0 Å². The first-order chi connectivity index (χ1) is 7.66. The van der Waals surface area contributed by atoms with Crippen molar-refractivity contribution in [3.63, 3.8) is 0 Å². The Bertz CT molecular complexity index is 400. The van der Waals surface area contributed by atoms with Gasteiger partial charge in [-0.2, -0.15) is 0 Å². The Labute approximate surface area is 94.8 Å². The lowest BCUT2D eigenvalue weighted by Gasteiger charge is -2.25. The maximum absolute atomic E-state index is 10.9. The van der Waals surface area contributed by atoms with Crippen LogP contribution in [0.3, 0.4) is 0 Å². The molecule has 0 unspecified atom stereocenters. The maximum Gasteiger partial charge on any atom is 0.292 e. The van der Waals surface area contributed by atoms with Gasteiger partial charge in [0.15, 0.2) is 0 Å². The minimum absolute atomic E-state index is 0.180. The first-order valence-electron chi connectivity index (χ1n) is 5.66. The van der Waals surface area contributed by atoms with E-state index in [0.717, 1.165) is 12.1 Å². The van der Waals surface area contributed by atoms with Crippen LogP contribution in [-0.2, 0) is 0 Å². The van der Waals surface area contributed by atoms with Gasteiger partial charge < -0.3 is 5.32 Å². The molecule has 0 aliphatic heterocycles. The number of rotatable bonds is 4. The predicted molar refractivity (Wildman–Crippen MR) is 63.7 cm³/mol. The molecule has 0 amide bonds. The lowest BCUT2D eigenvalue weighted by atomic mass is 9.85. The minimum atomic E-state index is -0.323. The van der Waals surface area contributed by atoms with E-state index in [0.29, 0.717) is 11.6 Å². The Hall–Kier alpha value is -1.58. The third kappa shape index (κ3) is 2.32. The quantitative estimate of drug-likeness (QED) is 0.626. The van der Waals surface area contributed by atoms with Crippen molar-refractivity contribution in [1.82, 2.24) is 0 Å². The summed E-state index contributed by atoms with van der Waals surface area (Å²) in [5.74, 6) is 0.695. The zero-order chi connectivity index (χ0) is 11.5. The van der Waals surface area contributed by atoms with Crippen LogP contribution in [0.2, 0.25) is 0 Å². The number of nitrogens with one attached hydrogen (secondary N) is 1. The third-order valence-electron chi connectivity index (χ3n) is 3.16. The molecule has 0 atom stereocenters. The maximum atomic E-state index is 10.9. The van der Waals surface area contributed by atoms with Crippen LogP contribution in [0.5, 0.6) is 0 Å². The highest BCUT2D eigenvalue weighted by molar-refractivity contribution is 5.62. The largest absolute Gasteiger partial charge is 0.379 e. The molecule has 0 bridgehead atoms. The molecule has 1 aromatic carbocycles. The SMILES string of the molecule is Cc1ccc(NCC2CCC2)c([N+](=O)[O-])c1. The Balaban J connectivity index is 2.08. The molecule has 1 saturated carbocycles. The van der Waals surface area contributed by atoms with E-state index >= 15 is 0 Å². The average Bonchev–Trinajstić information content (AvgIpc) is 2.17. The molecule has 86 valence electrons. The number of nitro benzene ring substituents is 1. The van der Waals surface area contributed by atoms with Crippen molar-refractivity contribution in [2.45, 2.75) is 26.2 Å². The van der Waals surface area contributed by atoms with E-state index in [2.05, 4.69) is 5.32 Å². The first-order valence-corrected chi connectivity index (χ1v) is 5.66. The minimum Gasteiger partial charge on any atom is -0.379 e. The van der Waals surface area contributed by atoms with Crippen molar-refractivity contribution < 1.29 is 4.92 Å². The average molecular weight is 220 g/mol. The van der Waals surface area contributed by atoms with Crippen molar-refractivity contribution in [2.24, 2.45) is 5.92 Å². The number of nitro groups is 1. The molecule has 1 N–H and O–H groups in total. The van der Waals surface area contributed by atoms with Crippen LogP contribution in [0.15, 0.2) is 18.2 Å². The van der Waals surface area contributed by atoms with E-state index in [1.54, 1.807) is 12.1 Å². The van der Waals surface area contributed by atoms with Gasteiger partial charge in [-0.15, -0.1) is 0 Å². The highest BCUT2D eigenvalue weighted by Crippen LogP contribution is 2.29. The second-order valence-electron chi connectivity index (χ2n) is 4.46. The number of hydrogen-bond donors (Lipinski definition) is 1. The molecule has 1 aliphatic rings. The summed E-state index contributed by atoms with van der Waals surface area (Å²) in [6.07, 6.45) is 3.78. The summed E-state index contributed by atoms with van der Waals surface area (Å²) in [5, 5.41) is 14.0. The smallest absolute Gasteiger partial charge is 0.292 e. The summed E-state index contributed by atoms with van der Waals surface area (Å²) in [6.45, 7) is 2.71. The van der Waals surface area contributed by atoms with Crippen molar-refractivity contribution >= 4 is 11.4 Å². The number of hydrogen-bond acceptors (Lipinski definition) is 3. The van der Waals surface area contributed by atoms with Crippen LogP contribution in [0.4, 0.5) is 11.4 Å². The fourth-order valence-electron chi connectivity index (χ4n) is 1.89. The molecule has 0 saturated heterocycles. The Morgan fingerprint density at radius 3 is 2.81 bits per heavy atom. The summed E-state index contributed by atoms with van der Waals surface area (Å²) >= 11 is 0. The number of aryl methyl sites for hydroxylation is 1. The Morgan fingerprint density at radius 2 is 2.25 bits per heavy atom. The zero-order valence-electron chi connectivity index (χ0n) is 9.40. The molecule has 1 aromatic rings. The highest BCUT2D eigenvalue weighted by atomic mass is 16.6. The molecule has 4 heteroatoms. The Kier molecular flexibility index (Phi) is 3.08. The second-order valence-corrected chi connectivity index (χ2v) is 4.46. The lowest BCUT2D eigenvalue weighted by molar-refractivity contribution is -0.384. The molecule has 1 fully saturated rings. The van der Waals surface area contributed by atoms with Crippen LogP contribution in [-0.4, -0.2) is 11.5 Å². The van der Waals surface area contributed by atoms with Gasteiger partial charge in [-0.1, -0.05) is 12.5 Å². The fraction of sp³-hybridized carbons (Fsp3) is 0.500. The van der Waals surface area contributed by atoms with Crippen LogP contribution < -0.4 is 5.32 Å². The topological polar surface area (TPSA) is 55.2 Å². The summed E-state index contributed by atoms with van der Waals surface area (Å²) in [4.78, 5) is 10.5. The second kappa shape index (κ2) is 4.51. The van der Waals surface area contributed by atoms with Gasteiger partial charge in [-0.05, 0) is 37.3 Å². The van der Waals surface area contributed by atoms with Gasteiger partial charge in [0.2, 0.25) is 0 Å². The van der Waals surface area contributed by atoms with Crippen molar-refractivity contribution in [1.29, 1.82) is 0 Å². The van der Waals surface area contributed by atoms with Crippen LogP contribution in [0, 0.1) is 23.0 Å². The number of benzene rings is 1. The summed E-state index contributed by atoms with van der Waals surface area (Å²) in [7, 11) is 0. The monoisotopic (exact) mass is 220 g/mol. The van der Waals surface area contributed by atoms with Gasteiger partial charge in [0.1, 0.15) is 5.69 Å². The normalized spacial score (nSPS) is 15.6. The molecule has 0 heterocycles. The van der Waals surface area contributed by atoms with Crippen LogP contribution in [0.1, 0.15) is 24.8 Å². The molecule has 0 aromatic heterocycles. The molecular formula is C12H16N2O2. The highest BCUT2D eigenvalue weighted by Gasteiger charge is 2.19. The van der Waals surface area contributed by atoms with Gasteiger partial charge in [0, 0.05) is 12.6 Å². The summed E-state index contributed by atoms with van der Waals surface area (Å²) in [6, 6.07) is 5.31. The van der Waals surface area contributed by atoms with Crippen LogP contribution in [0.25, 0.3) is 0 Å². The molecule has 0 radical (unpaired) electrons. The summed E-state index contributed by atoms with van der Waals surface area (Å²) < 4.78 is 0. The standard InChI is InChI=1S/C12H16N2O2/c1-9-5-6-11(12(7-9)14(15)16)13-8-10-3-2-4-10/h5-7,10,13H,2-4,8H2,1H3. The van der Waals surface area contributed by atoms with Crippen LogP contribution >= 0.6 is 0 Å². The van der Waals surface area contributed by atoms with E-state index in [9.17, 15) is 10.1 Å². The van der Waals surface area contributed by atoms with E-state index in [-0.39, 0.29) is 10.6 Å². The molecule has 2 rings (SSSR count). The summed E-state index contributed by atoms with van der Waals surface area (Å²) in [5.41, 5.74) is 1.74. The van der Waals surface area contributed by atoms with Gasteiger partial charge in [0.05, 0.1) is 4.92 Å². The molecule has 0 spiro atoms. The number of anilines is 1. The van der Waals surface area contributed by atoms with Gasteiger partial charge >= 0.3 is 0 Å². The van der Waals surface area contributed by atoms with Crippen molar-refractivity contribution in [3.8, 4) is 0 Å². The van der Waals surface area contributed by atoms with E-state index in [4.69, 9.17) is 0 Å². The van der Waals surface area contributed by atoms with Gasteiger partial charge in [-0.3, -0.25) is 10.1 Å². The number of nitrogens with zero attached hydrogens (tertiary/aromatic N) is 1. The van der Waals surface area contributed by atoms with Crippen molar-refractivity contribution in [3.05, 3.63) is 33.9 Å². The molecule has 4 nitrogen and oxygen atoms in total. The molecular weight excluding hydrogens is 204 g/mol. The first kappa shape index (κ1) is 10.9. The van der Waals surface area contributed by atoms with Crippen molar-refractivity contribution in [2.75, 3.05) is 11.9 Å². The zero-order valence-corrected chi connectivity index (χ0v) is 9.40. The molecule has 1 aliphatic carbocycles. The Morgan fingerprint density at radius 1 is 1.50 bits per heavy atom. The lowest BCUT2D eigenvalue weighted by Crippen LogP contribution is -2.21. The molecule has 16 heavy (non-hydrogen) atoms. The van der Waals surface area contributed by atoms with E-state index in [1.165, 1.54) is 19.3 Å². The fourth-order valence-corrected chi connectivity index (χ4v) is 1.89. The van der Waals surface area contributed by atoms with Gasteiger partial charge in [0.25, 0.3) is 5.69 Å². The van der Waals surface area contributed by atoms with E-state index in [1.807, 2.05) is 13.0 Å².